The molecule has 0 saturated carbocycles. The Morgan fingerprint density at radius 2 is 1.71 bits per heavy atom. The van der Waals surface area contributed by atoms with Crippen molar-refractivity contribution in [3.8, 4) is 0 Å². The summed E-state index contributed by atoms with van der Waals surface area (Å²) in [6.07, 6.45) is 15.7. The van der Waals surface area contributed by atoms with E-state index in [2.05, 4.69) is 6.92 Å². The number of aromatic nitrogens is 2. The van der Waals surface area contributed by atoms with Gasteiger partial charge in [0.25, 0.3) is 0 Å². The van der Waals surface area contributed by atoms with Crippen molar-refractivity contribution in [2.45, 2.75) is 64.8 Å². The average Bonchev–Trinajstić information content (AvgIpc) is 2.82. The summed E-state index contributed by atoms with van der Waals surface area (Å²) in [6.45, 7) is 3.10. The maximum Gasteiger partial charge on any atom is 0.348 e. The Hall–Kier alpha value is -1.03. The van der Waals surface area contributed by atoms with Crippen LogP contribution in [0.4, 0.5) is 0 Å². The predicted molar refractivity (Wildman–Crippen MR) is 79.2 cm³/mol. The molecule has 0 aromatic carbocycles. The first-order chi connectivity index (χ1) is 9.72. The SMILES string of the molecule is CCCCCCCCCCOC(=O)Cn1cc[n+](C)c1.[Cl-]. The number of esters is 1. The lowest BCUT2D eigenvalue weighted by molar-refractivity contribution is -0.671. The van der Waals surface area contributed by atoms with E-state index >= 15 is 0 Å². The quantitative estimate of drug-likeness (QED) is 0.327. The number of halogens is 1. The highest BCUT2D eigenvalue weighted by Crippen LogP contribution is 2.08. The first kappa shape index (κ1) is 20.0. The number of imidazole rings is 1. The highest BCUT2D eigenvalue weighted by molar-refractivity contribution is 5.69. The van der Waals surface area contributed by atoms with Gasteiger partial charge in [-0.15, -0.1) is 0 Å². The summed E-state index contributed by atoms with van der Waals surface area (Å²) in [7, 11) is 1.93. The standard InChI is InChI=1S/C16H29N2O2.ClH/c1-3-4-5-6-7-8-9-10-13-20-16(19)14-18-12-11-17(2)15-18;/h11-12,15H,3-10,13-14H2,1-2H3;1H/q+1;/p-1. The lowest BCUT2D eigenvalue weighted by atomic mass is 10.1. The van der Waals surface area contributed by atoms with E-state index in [0.717, 1.165) is 12.8 Å². The zero-order chi connectivity index (χ0) is 14.6. The van der Waals surface area contributed by atoms with Crippen LogP contribution in [-0.2, 0) is 23.1 Å². The van der Waals surface area contributed by atoms with Crippen molar-refractivity contribution in [1.29, 1.82) is 0 Å². The first-order valence-corrected chi connectivity index (χ1v) is 7.89. The van der Waals surface area contributed by atoms with Crippen molar-refractivity contribution in [1.82, 2.24) is 4.57 Å². The molecule has 122 valence electrons. The number of hydrogen-bond donors (Lipinski definition) is 0. The van der Waals surface area contributed by atoms with Crippen LogP contribution in [0.25, 0.3) is 0 Å². The molecule has 0 aliphatic carbocycles. The monoisotopic (exact) mass is 316 g/mol. The lowest BCUT2D eigenvalue weighted by Gasteiger charge is -2.03. The third kappa shape index (κ3) is 10.4. The van der Waals surface area contributed by atoms with Crippen molar-refractivity contribution >= 4 is 5.97 Å². The molecule has 0 unspecified atom stereocenters. The number of aryl methyl sites for hydroxylation is 1. The fraction of sp³-hybridized carbons (Fsp3) is 0.750. The maximum atomic E-state index is 11.6. The van der Waals surface area contributed by atoms with E-state index in [1.165, 1.54) is 38.5 Å². The van der Waals surface area contributed by atoms with Gasteiger partial charge in [-0.3, -0.25) is 0 Å². The molecule has 0 aliphatic heterocycles. The van der Waals surface area contributed by atoms with Crippen LogP contribution in [0.1, 0.15) is 58.3 Å². The molecule has 0 radical (unpaired) electrons. The Balaban J connectivity index is 0.00000400. The van der Waals surface area contributed by atoms with Gasteiger partial charge in [-0.25, -0.2) is 13.9 Å². The van der Waals surface area contributed by atoms with Gasteiger partial charge in [0.05, 0.1) is 13.7 Å². The van der Waals surface area contributed by atoms with E-state index in [1.54, 1.807) is 0 Å². The topological polar surface area (TPSA) is 35.1 Å². The van der Waals surface area contributed by atoms with E-state index in [-0.39, 0.29) is 18.4 Å². The Kier molecular flexibility index (Phi) is 12.1. The van der Waals surface area contributed by atoms with Crippen LogP contribution in [-0.4, -0.2) is 17.1 Å². The molecule has 5 heteroatoms. The fourth-order valence-corrected chi connectivity index (χ4v) is 2.21. The van der Waals surface area contributed by atoms with E-state index in [9.17, 15) is 4.79 Å². The van der Waals surface area contributed by atoms with Crippen LogP contribution in [0, 0.1) is 0 Å². The molecule has 0 saturated heterocycles. The van der Waals surface area contributed by atoms with Crippen molar-refractivity contribution < 1.29 is 26.5 Å². The lowest BCUT2D eigenvalue weighted by Crippen LogP contribution is -3.00. The molecule has 0 fully saturated rings. The van der Waals surface area contributed by atoms with Crippen LogP contribution >= 0.6 is 0 Å². The number of hydrogen-bond acceptors (Lipinski definition) is 2. The summed E-state index contributed by atoms with van der Waals surface area (Å²) in [6, 6.07) is 0. The molecule has 1 aromatic heterocycles. The summed E-state index contributed by atoms with van der Waals surface area (Å²) < 4.78 is 8.97. The van der Waals surface area contributed by atoms with Crippen molar-refractivity contribution in [3.63, 3.8) is 0 Å². The summed E-state index contributed by atoms with van der Waals surface area (Å²) in [5.74, 6) is -0.149. The first-order valence-electron chi connectivity index (χ1n) is 7.89. The summed E-state index contributed by atoms with van der Waals surface area (Å²) in [4.78, 5) is 11.6. The van der Waals surface area contributed by atoms with Gasteiger partial charge in [-0.2, -0.15) is 0 Å². The number of nitrogens with zero attached hydrogens (tertiary/aromatic N) is 2. The minimum absolute atomic E-state index is 0. The number of carbonyl (C=O) groups is 1. The number of ether oxygens (including phenoxy) is 1. The largest absolute Gasteiger partial charge is 1.00 e. The van der Waals surface area contributed by atoms with Crippen LogP contribution in [0.5, 0.6) is 0 Å². The predicted octanol–water partition coefficient (Wildman–Crippen LogP) is 0.000500. The van der Waals surface area contributed by atoms with E-state index in [1.807, 2.05) is 34.9 Å². The minimum atomic E-state index is -0.149. The number of carbonyl (C=O) groups excluding carboxylic acids is 1. The van der Waals surface area contributed by atoms with Crippen LogP contribution in [0.15, 0.2) is 18.7 Å². The molecule has 4 nitrogen and oxygen atoms in total. The normalized spacial score (nSPS) is 10.2. The number of unbranched alkanes of at least 4 members (excludes halogenated alkanes) is 7. The molecule has 21 heavy (non-hydrogen) atoms. The molecule has 1 heterocycles. The second kappa shape index (κ2) is 12.7. The molecule has 0 bridgehead atoms. The molecule has 1 aromatic rings. The van der Waals surface area contributed by atoms with Gasteiger partial charge in [-0.05, 0) is 6.42 Å². The van der Waals surface area contributed by atoms with Crippen molar-refractivity contribution in [2.24, 2.45) is 7.05 Å². The Morgan fingerprint density at radius 1 is 1.10 bits per heavy atom. The Labute approximate surface area is 134 Å². The molecular formula is C16H29ClN2O2. The van der Waals surface area contributed by atoms with Gasteiger partial charge in [0, 0.05) is 0 Å². The zero-order valence-corrected chi connectivity index (χ0v) is 14.1. The molecule has 1 rings (SSSR count). The van der Waals surface area contributed by atoms with Crippen LogP contribution in [0.3, 0.4) is 0 Å². The molecule has 0 N–H and O–H groups in total. The smallest absolute Gasteiger partial charge is 0.348 e. The number of rotatable bonds is 11. The van der Waals surface area contributed by atoms with Gasteiger partial charge < -0.3 is 17.1 Å². The zero-order valence-electron chi connectivity index (χ0n) is 13.4. The second-order valence-corrected chi connectivity index (χ2v) is 5.45. The van der Waals surface area contributed by atoms with Crippen LogP contribution < -0.4 is 17.0 Å². The van der Waals surface area contributed by atoms with Crippen molar-refractivity contribution in [3.05, 3.63) is 18.7 Å². The summed E-state index contributed by atoms with van der Waals surface area (Å²) in [5, 5.41) is 0. The summed E-state index contributed by atoms with van der Waals surface area (Å²) in [5.41, 5.74) is 0. The van der Waals surface area contributed by atoms with E-state index in [0.29, 0.717) is 13.2 Å². The third-order valence-corrected chi connectivity index (χ3v) is 3.40. The Morgan fingerprint density at radius 3 is 2.29 bits per heavy atom. The van der Waals surface area contributed by atoms with Gasteiger partial charge in [0.15, 0.2) is 6.54 Å². The molecule has 0 aliphatic rings. The van der Waals surface area contributed by atoms with E-state index < -0.39 is 0 Å². The highest BCUT2D eigenvalue weighted by Gasteiger charge is 2.08. The highest BCUT2D eigenvalue weighted by atomic mass is 35.5. The van der Waals surface area contributed by atoms with E-state index in [4.69, 9.17) is 4.74 Å². The average molecular weight is 317 g/mol. The second-order valence-electron chi connectivity index (χ2n) is 5.45. The summed E-state index contributed by atoms with van der Waals surface area (Å²) >= 11 is 0. The van der Waals surface area contributed by atoms with Gasteiger partial charge in [0.1, 0.15) is 12.4 Å². The fourth-order valence-electron chi connectivity index (χ4n) is 2.21. The van der Waals surface area contributed by atoms with Crippen molar-refractivity contribution in [2.75, 3.05) is 6.61 Å². The maximum absolute atomic E-state index is 11.6. The minimum Gasteiger partial charge on any atom is -1.00 e. The van der Waals surface area contributed by atoms with Gasteiger partial charge >= 0.3 is 5.97 Å². The molecule has 0 atom stereocenters. The molecule has 0 amide bonds. The van der Waals surface area contributed by atoms with Gasteiger partial charge in [0.2, 0.25) is 6.33 Å². The Bertz CT molecular complexity index is 380. The van der Waals surface area contributed by atoms with Gasteiger partial charge in [-0.1, -0.05) is 51.9 Å². The molecular weight excluding hydrogens is 288 g/mol. The third-order valence-electron chi connectivity index (χ3n) is 3.40. The van der Waals surface area contributed by atoms with Crippen LogP contribution in [0.2, 0.25) is 0 Å². The molecule has 0 spiro atoms.